The topological polar surface area (TPSA) is 78.0 Å². The van der Waals surface area contributed by atoms with Crippen molar-refractivity contribution in [2.75, 3.05) is 51.1 Å². The Bertz CT molecular complexity index is 722. The van der Waals surface area contributed by atoms with Crippen LogP contribution in [-0.4, -0.2) is 56.2 Å². The van der Waals surface area contributed by atoms with Crippen LogP contribution in [-0.2, 0) is 0 Å². The van der Waals surface area contributed by atoms with E-state index in [9.17, 15) is 0 Å². The zero-order chi connectivity index (χ0) is 16.9. The quantitative estimate of drug-likeness (QED) is 0.780. The third-order valence-electron chi connectivity index (χ3n) is 4.00. The molecule has 4 rings (SSSR count). The van der Waals surface area contributed by atoms with Crippen LogP contribution >= 0.6 is 0 Å². The van der Waals surface area contributed by atoms with Gasteiger partial charge in [0, 0.05) is 38.6 Å². The number of piperazine rings is 1. The van der Waals surface area contributed by atoms with Gasteiger partial charge in [0.25, 0.3) is 5.88 Å². The summed E-state index contributed by atoms with van der Waals surface area (Å²) in [6, 6.07) is 5.57. The lowest BCUT2D eigenvalue weighted by Gasteiger charge is -2.28. The molecule has 0 amide bonds. The zero-order valence-electron chi connectivity index (χ0n) is 13.8. The largest absolute Gasteiger partial charge is 0.486 e. The Balaban J connectivity index is 1.34. The van der Waals surface area contributed by atoms with Gasteiger partial charge in [0.1, 0.15) is 13.2 Å². The van der Waals surface area contributed by atoms with E-state index in [2.05, 4.69) is 20.2 Å². The minimum atomic E-state index is 0.222. The lowest BCUT2D eigenvalue weighted by Crippen LogP contribution is -2.44. The fourth-order valence-electron chi connectivity index (χ4n) is 2.82. The third-order valence-corrected chi connectivity index (χ3v) is 4.00. The van der Waals surface area contributed by atoms with Crippen molar-refractivity contribution in [2.24, 2.45) is 0 Å². The van der Waals surface area contributed by atoms with Crippen LogP contribution in [0, 0.1) is 0 Å². The lowest BCUT2D eigenvalue weighted by molar-refractivity contribution is 0.166. The van der Waals surface area contributed by atoms with Crippen molar-refractivity contribution in [2.45, 2.75) is 0 Å². The molecule has 3 heterocycles. The highest BCUT2D eigenvalue weighted by Crippen LogP contribution is 2.40. The number of hydrogen-bond acceptors (Lipinski definition) is 8. The van der Waals surface area contributed by atoms with Gasteiger partial charge in [-0.15, -0.1) is 0 Å². The number of nitrogens with one attached hydrogen (secondary N) is 1. The predicted molar refractivity (Wildman–Crippen MR) is 90.7 cm³/mol. The predicted octanol–water partition coefficient (Wildman–Crippen LogP) is 1.07. The first-order valence-corrected chi connectivity index (χ1v) is 8.33. The van der Waals surface area contributed by atoms with Crippen LogP contribution in [0.2, 0.25) is 0 Å². The SMILES string of the molecule is c1cc(OCCOc2nccnc2N2CCNCC2)c2c(c1)OCO2. The van der Waals surface area contributed by atoms with E-state index in [0.717, 1.165) is 32.0 Å². The summed E-state index contributed by atoms with van der Waals surface area (Å²) in [5, 5.41) is 3.32. The highest BCUT2D eigenvalue weighted by atomic mass is 16.7. The molecule has 0 atom stereocenters. The molecular weight excluding hydrogens is 324 g/mol. The minimum absolute atomic E-state index is 0.222. The van der Waals surface area contributed by atoms with E-state index >= 15 is 0 Å². The van der Waals surface area contributed by atoms with E-state index in [1.807, 2.05) is 18.2 Å². The number of fused-ring (bicyclic) bond motifs is 1. The number of hydrogen-bond donors (Lipinski definition) is 1. The molecule has 132 valence electrons. The molecule has 2 aliphatic rings. The number of ether oxygens (including phenoxy) is 4. The van der Waals surface area contributed by atoms with Gasteiger partial charge in [-0.25, -0.2) is 9.97 Å². The molecule has 25 heavy (non-hydrogen) atoms. The smallest absolute Gasteiger partial charge is 0.257 e. The fraction of sp³-hybridized carbons (Fsp3) is 0.412. The maximum Gasteiger partial charge on any atom is 0.257 e. The second-order valence-corrected chi connectivity index (χ2v) is 5.61. The van der Waals surface area contributed by atoms with Crippen molar-refractivity contribution in [1.82, 2.24) is 15.3 Å². The molecule has 8 heteroatoms. The van der Waals surface area contributed by atoms with Crippen molar-refractivity contribution in [3.63, 3.8) is 0 Å². The highest BCUT2D eigenvalue weighted by Gasteiger charge is 2.19. The first-order valence-electron chi connectivity index (χ1n) is 8.33. The van der Waals surface area contributed by atoms with Gasteiger partial charge in [0.15, 0.2) is 17.3 Å². The first-order chi connectivity index (χ1) is 12.4. The van der Waals surface area contributed by atoms with Crippen molar-refractivity contribution >= 4 is 5.82 Å². The first kappa shape index (κ1) is 15.8. The average molecular weight is 344 g/mol. The molecule has 1 fully saturated rings. The van der Waals surface area contributed by atoms with Gasteiger partial charge in [-0.05, 0) is 12.1 Å². The Morgan fingerprint density at radius 2 is 1.88 bits per heavy atom. The van der Waals surface area contributed by atoms with Crippen molar-refractivity contribution in [1.29, 1.82) is 0 Å². The Morgan fingerprint density at radius 3 is 2.80 bits per heavy atom. The molecule has 8 nitrogen and oxygen atoms in total. The summed E-state index contributed by atoms with van der Waals surface area (Å²) in [6.07, 6.45) is 3.32. The number of aromatic nitrogens is 2. The molecule has 1 aromatic carbocycles. The summed E-state index contributed by atoms with van der Waals surface area (Å²) < 4.78 is 22.3. The molecule has 0 radical (unpaired) electrons. The van der Waals surface area contributed by atoms with Gasteiger partial charge < -0.3 is 29.2 Å². The van der Waals surface area contributed by atoms with E-state index < -0.39 is 0 Å². The number of anilines is 1. The van der Waals surface area contributed by atoms with Gasteiger partial charge in [-0.2, -0.15) is 0 Å². The summed E-state index contributed by atoms with van der Waals surface area (Å²) in [6.45, 7) is 4.60. The normalized spacial score (nSPS) is 15.9. The zero-order valence-corrected chi connectivity index (χ0v) is 13.8. The maximum atomic E-state index is 5.80. The Kier molecular flexibility index (Phi) is 4.69. The molecule has 1 saturated heterocycles. The number of rotatable bonds is 6. The Morgan fingerprint density at radius 1 is 1.04 bits per heavy atom. The summed E-state index contributed by atoms with van der Waals surface area (Å²) in [5.41, 5.74) is 0. The maximum absolute atomic E-state index is 5.80. The summed E-state index contributed by atoms with van der Waals surface area (Å²) in [7, 11) is 0. The molecule has 0 saturated carbocycles. The monoisotopic (exact) mass is 344 g/mol. The Hall–Kier alpha value is -2.74. The van der Waals surface area contributed by atoms with Gasteiger partial charge in [0.05, 0.1) is 0 Å². The molecular formula is C17H20N4O4. The molecule has 0 aliphatic carbocycles. The van der Waals surface area contributed by atoms with E-state index in [1.165, 1.54) is 0 Å². The second-order valence-electron chi connectivity index (χ2n) is 5.61. The van der Waals surface area contributed by atoms with E-state index in [0.29, 0.717) is 36.3 Å². The fourth-order valence-corrected chi connectivity index (χ4v) is 2.82. The van der Waals surface area contributed by atoms with Crippen LogP contribution < -0.4 is 29.2 Å². The number of para-hydroxylation sites is 1. The average Bonchev–Trinajstić information content (AvgIpc) is 3.16. The van der Waals surface area contributed by atoms with Crippen molar-refractivity contribution in [3.05, 3.63) is 30.6 Å². The number of nitrogens with zero attached hydrogens (tertiary/aromatic N) is 3. The van der Waals surface area contributed by atoms with E-state index in [1.54, 1.807) is 12.4 Å². The molecule has 1 aromatic heterocycles. The third kappa shape index (κ3) is 3.53. The highest BCUT2D eigenvalue weighted by molar-refractivity contribution is 5.52. The minimum Gasteiger partial charge on any atom is -0.486 e. The molecule has 0 unspecified atom stereocenters. The van der Waals surface area contributed by atoms with Crippen molar-refractivity contribution in [3.8, 4) is 23.1 Å². The van der Waals surface area contributed by atoms with Crippen LogP contribution in [0.15, 0.2) is 30.6 Å². The number of benzene rings is 1. The van der Waals surface area contributed by atoms with Crippen LogP contribution in [0.3, 0.4) is 0 Å². The summed E-state index contributed by atoms with van der Waals surface area (Å²) in [5.74, 6) is 3.31. The van der Waals surface area contributed by atoms with Gasteiger partial charge in [0.2, 0.25) is 12.5 Å². The summed E-state index contributed by atoms with van der Waals surface area (Å²) >= 11 is 0. The van der Waals surface area contributed by atoms with Gasteiger partial charge in [-0.3, -0.25) is 0 Å². The lowest BCUT2D eigenvalue weighted by atomic mass is 10.3. The van der Waals surface area contributed by atoms with Crippen LogP contribution in [0.1, 0.15) is 0 Å². The molecule has 2 aromatic rings. The molecule has 0 bridgehead atoms. The van der Waals surface area contributed by atoms with E-state index in [-0.39, 0.29) is 6.79 Å². The van der Waals surface area contributed by atoms with Crippen LogP contribution in [0.5, 0.6) is 23.1 Å². The van der Waals surface area contributed by atoms with Crippen molar-refractivity contribution < 1.29 is 18.9 Å². The van der Waals surface area contributed by atoms with Crippen LogP contribution in [0.25, 0.3) is 0 Å². The molecule has 0 spiro atoms. The van der Waals surface area contributed by atoms with Gasteiger partial charge in [-0.1, -0.05) is 6.07 Å². The molecule has 1 N–H and O–H groups in total. The van der Waals surface area contributed by atoms with Crippen LogP contribution in [0.4, 0.5) is 5.82 Å². The van der Waals surface area contributed by atoms with E-state index in [4.69, 9.17) is 18.9 Å². The van der Waals surface area contributed by atoms with Gasteiger partial charge >= 0.3 is 0 Å². The molecule has 2 aliphatic heterocycles. The summed E-state index contributed by atoms with van der Waals surface area (Å²) in [4.78, 5) is 10.9. The Labute approximate surface area is 145 Å². The second kappa shape index (κ2) is 7.43. The standard InChI is InChI=1S/C17H20N4O4/c1-2-13(15-14(3-1)24-12-25-15)22-10-11-23-17-16(19-4-5-20-17)21-8-6-18-7-9-21/h1-5,18H,6-12H2.